The van der Waals surface area contributed by atoms with Crippen molar-refractivity contribution in [3.05, 3.63) is 47.5 Å². The lowest BCUT2D eigenvalue weighted by Gasteiger charge is -2.26. The molecule has 0 atom stereocenters. The van der Waals surface area contributed by atoms with Crippen LogP contribution >= 0.6 is 0 Å². The third kappa shape index (κ3) is 9.28. The quantitative estimate of drug-likeness (QED) is 0.274. The van der Waals surface area contributed by atoms with Crippen LogP contribution in [0.25, 0.3) is 0 Å². The number of benzene rings is 1. The number of rotatable bonds is 12. The molecule has 0 radical (unpaired) electrons. The minimum atomic E-state index is 0.658. The van der Waals surface area contributed by atoms with E-state index in [2.05, 4.69) is 43.3 Å². The first-order chi connectivity index (χ1) is 13.3. The number of hydrogen-bond acceptors (Lipinski definition) is 1. The Labute approximate surface area is 167 Å². The SMILES string of the molecule is CCCCCCCc1ccc(CCCCC2CCC(/C=C/C#N)CC2)cc1. The van der Waals surface area contributed by atoms with E-state index in [-0.39, 0.29) is 0 Å². The molecule has 0 aromatic heterocycles. The summed E-state index contributed by atoms with van der Waals surface area (Å²) in [6, 6.07) is 11.5. The lowest BCUT2D eigenvalue weighted by Crippen LogP contribution is -2.13. The Morgan fingerprint density at radius 3 is 2.04 bits per heavy atom. The molecule has 1 nitrogen and oxygen atoms in total. The zero-order valence-electron chi connectivity index (χ0n) is 17.5. The summed E-state index contributed by atoms with van der Waals surface area (Å²) in [5.74, 6) is 1.58. The summed E-state index contributed by atoms with van der Waals surface area (Å²) in [4.78, 5) is 0. The van der Waals surface area contributed by atoms with Gasteiger partial charge in [0.25, 0.3) is 0 Å². The number of allylic oxidation sites excluding steroid dienone is 2. The molecule has 0 amide bonds. The summed E-state index contributed by atoms with van der Waals surface area (Å²) in [5.41, 5.74) is 3.02. The van der Waals surface area contributed by atoms with Crippen molar-refractivity contribution < 1.29 is 0 Å². The molecule has 0 unspecified atom stereocenters. The van der Waals surface area contributed by atoms with Gasteiger partial charge < -0.3 is 0 Å². The average Bonchev–Trinajstić information content (AvgIpc) is 2.71. The Bertz CT molecular complexity index is 555. The van der Waals surface area contributed by atoms with E-state index >= 15 is 0 Å². The Hall–Kier alpha value is -1.55. The second kappa shape index (κ2) is 13.6. The fraction of sp³-hybridized carbons (Fsp3) is 0.654. The van der Waals surface area contributed by atoms with Gasteiger partial charge in [0.05, 0.1) is 6.07 Å². The van der Waals surface area contributed by atoms with Gasteiger partial charge in [0.15, 0.2) is 0 Å². The highest BCUT2D eigenvalue weighted by Gasteiger charge is 2.18. The highest BCUT2D eigenvalue weighted by atomic mass is 14.3. The van der Waals surface area contributed by atoms with Crippen LogP contribution in [0.5, 0.6) is 0 Å². The molecule has 2 rings (SSSR count). The Morgan fingerprint density at radius 2 is 1.44 bits per heavy atom. The lowest BCUT2D eigenvalue weighted by atomic mass is 9.79. The molecule has 1 aliphatic rings. The zero-order chi connectivity index (χ0) is 19.2. The van der Waals surface area contributed by atoms with Gasteiger partial charge in [-0.1, -0.05) is 75.8 Å². The van der Waals surface area contributed by atoms with Gasteiger partial charge in [0.1, 0.15) is 0 Å². The van der Waals surface area contributed by atoms with Crippen LogP contribution < -0.4 is 0 Å². The van der Waals surface area contributed by atoms with Crippen LogP contribution in [0.1, 0.15) is 95.1 Å². The third-order valence-corrected chi connectivity index (χ3v) is 6.25. The van der Waals surface area contributed by atoms with E-state index < -0.39 is 0 Å². The molecule has 1 saturated carbocycles. The van der Waals surface area contributed by atoms with Gasteiger partial charge in [-0.25, -0.2) is 0 Å². The van der Waals surface area contributed by atoms with Gasteiger partial charge in [-0.2, -0.15) is 5.26 Å². The third-order valence-electron chi connectivity index (χ3n) is 6.25. The van der Waals surface area contributed by atoms with Crippen LogP contribution in [-0.4, -0.2) is 0 Å². The number of aryl methyl sites for hydroxylation is 2. The van der Waals surface area contributed by atoms with Crippen LogP contribution in [0.15, 0.2) is 36.4 Å². The second-order valence-corrected chi connectivity index (χ2v) is 8.50. The van der Waals surface area contributed by atoms with Crippen LogP contribution in [-0.2, 0) is 12.8 Å². The minimum Gasteiger partial charge on any atom is -0.193 e. The first-order valence-electron chi connectivity index (χ1n) is 11.5. The van der Waals surface area contributed by atoms with Gasteiger partial charge in [-0.15, -0.1) is 0 Å². The van der Waals surface area contributed by atoms with Crippen molar-refractivity contribution in [2.45, 2.75) is 96.8 Å². The predicted molar refractivity (Wildman–Crippen MR) is 117 cm³/mol. The first kappa shape index (κ1) is 21.7. The average molecular weight is 366 g/mol. The molecule has 1 aromatic rings. The van der Waals surface area contributed by atoms with Gasteiger partial charge in [-0.05, 0) is 74.3 Å². The number of hydrogen-bond donors (Lipinski definition) is 0. The standard InChI is InChI=1S/C26H39N/c1-2-3-4-5-6-10-23-14-16-24(17-15-23)11-7-8-12-25-18-20-26(21-19-25)13-9-22-27/h9,13-17,25-26H,2-8,10-12,18-21H2,1H3/b13-9+. The Morgan fingerprint density at radius 1 is 0.852 bits per heavy atom. The van der Waals surface area contributed by atoms with Crippen molar-refractivity contribution in [2.24, 2.45) is 11.8 Å². The number of nitrogens with zero attached hydrogens (tertiary/aromatic N) is 1. The lowest BCUT2D eigenvalue weighted by molar-refractivity contribution is 0.289. The van der Waals surface area contributed by atoms with Gasteiger partial charge in [0, 0.05) is 6.08 Å². The van der Waals surface area contributed by atoms with E-state index in [1.807, 2.05) is 0 Å². The molecule has 148 valence electrons. The van der Waals surface area contributed by atoms with Crippen LogP contribution in [0.2, 0.25) is 0 Å². The topological polar surface area (TPSA) is 23.8 Å². The molecule has 0 saturated heterocycles. The van der Waals surface area contributed by atoms with E-state index in [0.29, 0.717) is 5.92 Å². The van der Waals surface area contributed by atoms with Gasteiger partial charge in [-0.3, -0.25) is 0 Å². The minimum absolute atomic E-state index is 0.658. The van der Waals surface area contributed by atoms with Gasteiger partial charge in [0.2, 0.25) is 0 Å². The summed E-state index contributed by atoms with van der Waals surface area (Å²) in [6.07, 6.45) is 22.5. The maximum Gasteiger partial charge on any atom is 0.0908 e. The predicted octanol–water partition coefficient (Wildman–Crippen LogP) is 7.80. The molecule has 0 aliphatic heterocycles. The Kier molecular flexibility index (Phi) is 10.9. The molecule has 0 spiro atoms. The maximum absolute atomic E-state index is 8.63. The fourth-order valence-corrected chi connectivity index (χ4v) is 4.42. The molecule has 1 fully saturated rings. The summed E-state index contributed by atoms with van der Waals surface area (Å²) < 4.78 is 0. The van der Waals surface area contributed by atoms with Crippen molar-refractivity contribution in [2.75, 3.05) is 0 Å². The maximum atomic E-state index is 8.63. The molecule has 1 aromatic carbocycles. The van der Waals surface area contributed by atoms with Crippen LogP contribution in [0, 0.1) is 23.2 Å². The van der Waals surface area contributed by atoms with Crippen LogP contribution in [0.4, 0.5) is 0 Å². The van der Waals surface area contributed by atoms with Crippen molar-refractivity contribution in [1.29, 1.82) is 5.26 Å². The van der Waals surface area contributed by atoms with E-state index in [0.717, 1.165) is 5.92 Å². The molecule has 0 N–H and O–H groups in total. The summed E-state index contributed by atoms with van der Waals surface area (Å²) in [5, 5.41) is 8.63. The molecule has 1 aliphatic carbocycles. The molecule has 0 heterocycles. The van der Waals surface area contributed by atoms with Crippen molar-refractivity contribution in [3.8, 4) is 6.07 Å². The fourth-order valence-electron chi connectivity index (χ4n) is 4.42. The largest absolute Gasteiger partial charge is 0.193 e. The van der Waals surface area contributed by atoms with E-state index in [1.165, 1.54) is 101 Å². The summed E-state index contributed by atoms with van der Waals surface area (Å²) in [7, 11) is 0. The van der Waals surface area contributed by atoms with Crippen molar-refractivity contribution >= 4 is 0 Å². The normalized spacial score (nSPS) is 20.0. The van der Waals surface area contributed by atoms with Crippen molar-refractivity contribution in [3.63, 3.8) is 0 Å². The molecule has 0 bridgehead atoms. The van der Waals surface area contributed by atoms with E-state index in [4.69, 9.17) is 5.26 Å². The van der Waals surface area contributed by atoms with E-state index in [9.17, 15) is 0 Å². The zero-order valence-corrected chi connectivity index (χ0v) is 17.5. The van der Waals surface area contributed by atoms with E-state index in [1.54, 1.807) is 6.08 Å². The highest BCUT2D eigenvalue weighted by Crippen LogP contribution is 2.32. The molecular formula is C26H39N. The van der Waals surface area contributed by atoms with Crippen LogP contribution in [0.3, 0.4) is 0 Å². The Balaban J connectivity index is 1.54. The van der Waals surface area contributed by atoms with Crippen molar-refractivity contribution in [1.82, 2.24) is 0 Å². The number of nitriles is 1. The molecule has 27 heavy (non-hydrogen) atoms. The van der Waals surface area contributed by atoms with Gasteiger partial charge >= 0.3 is 0 Å². The summed E-state index contributed by atoms with van der Waals surface area (Å²) >= 11 is 0. The first-order valence-corrected chi connectivity index (χ1v) is 11.5. The second-order valence-electron chi connectivity index (χ2n) is 8.50. The monoisotopic (exact) mass is 365 g/mol. The smallest absolute Gasteiger partial charge is 0.0908 e. The number of unbranched alkanes of at least 4 members (excludes halogenated alkanes) is 5. The summed E-state index contributed by atoms with van der Waals surface area (Å²) in [6.45, 7) is 2.28. The molecular weight excluding hydrogens is 326 g/mol. The molecule has 1 heteroatoms. The highest BCUT2D eigenvalue weighted by molar-refractivity contribution is 5.22.